The molecule has 0 aromatic heterocycles. The van der Waals surface area contributed by atoms with E-state index in [9.17, 15) is 4.79 Å². The quantitative estimate of drug-likeness (QED) is 0.249. The van der Waals surface area contributed by atoms with E-state index < -0.39 is 0 Å². The van der Waals surface area contributed by atoms with E-state index >= 15 is 0 Å². The summed E-state index contributed by atoms with van der Waals surface area (Å²) in [6.45, 7) is 5.53. The maximum absolute atomic E-state index is 10.8. The smallest absolute Gasteiger partial charge is 0.335 e. The molecule has 2 heteroatoms. The molecule has 0 aliphatic carbocycles. The van der Waals surface area contributed by atoms with Gasteiger partial charge in [-0.15, -0.1) is 0 Å². The summed E-state index contributed by atoms with van der Waals surface area (Å²) in [5.41, 5.74) is 0. The lowest BCUT2D eigenvalue weighted by Crippen LogP contribution is -1.92. The zero-order chi connectivity index (χ0) is 11.4. The van der Waals surface area contributed by atoms with E-state index in [1.54, 1.807) is 0 Å². The van der Waals surface area contributed by atoms with Gasteiger partial charge in [-0.3, -0.25) is 0 Å². The van der Waals surface area contributed by atoms with Crippen molar-refractivity contribution in [2.45, 2.75) is 51.9 Å². The second kappa shape index (κ2) is 11.0. The summed E-state index contributed by atoms with van der Waals surface area (Å²) in [7, 11) is 0. The number of allylic oxidation sites excluding steroid dienone is 1. The van der Waals surface area contributed by atoms with Gasteiger partial charge in [-0.1, -0.05) is 51.7 Å². The molecule has 0 aromatic carbocycles. The SMILES string of the molecule is C=COC(=O)/C=C/CCCCCCCC. The van der Waals surface area contributed by atoms with Gasteiger partial charge in [0.25, 0.3) is 0 Å². The van der Waals surface area contributed by atoms with Crippen molar-refractivity contribution in [2.75, 3.05) is 0 Å². The minimum Gasteiger partial charge on any atom is -0.432 e. The van der Waals surface area contributed by atoms with Gasteiger partial charge in [0.2, 0.25) is 0 Å². The van der Waals surface area contributed by atoms with Gasteiger partial charge < -0.3 is 4.74 Å². The first kappa shape index (κ1) is 13.9. The lowest BCUT2D eigenvalue weighted by molar-refractivity contribution is -0.132. The number of rotatable bonds is 9. The molecule has 0 atom stereocenters. The average Bonchev–Trinajstić information content (AvgIpc) is 2.22. The molecule has 0 heterocycles. The number of carbonyl (C=O) groups is 1. The fraction of sp³-hybridized carbons (Fsp3) is 0.615. The van der Waals surface area contributed by atoms with Gasteiger partial charge in [0.05, 0.1) is 6.26 Å². The van der Waals surface area contributed by atoms with Crippen molar-refractivity contribution in [2.24, 2.45) is 0 Å². The van der Waals surface area contributed by atoms with E-state index in [1.807, 2.05) is 6.08 Å². The second-order valence-corrected chi connectivity index (χ2v) is 3.56. The highest BCUT2D eigenvalue weighted by atomic mass is 16.5. The largest absolute Gasteiger partial charge is 0.432 e. The molecule has 0 fully saturated rings. The van der Waals surface area contributed by atoms with E-state index in [-0.39, 0.29) is 5.97 Å². The van der Waals surface area contributed by atoms with Crippen LogP contribution >= 0.6 is 0 Å². The molecular formula is C13H22O2. The third-order valence-electron chi connectivity index (χ3n) is 2.18. The summed E-state index contributed by atoms with van der Waals surface area (Å²) in [6, 6.07) is 0. The molecule has 0 N–H and O–H groups in total. The standard InChI is InChI=1S/C13H22O2/c1-3-5-6-7-8-9-10-11-12-13(14)15-4-2/h4,11-12H,2-3,5-10H2,1H3/b12-11+. The van der Waals surface area contributed by atoms with Crippen LogP contribution in [-0.2, 0) is 9.53 Å². The van der Waals surface area contributed by atoms with Crippen LogP contribution in [0.2, 0.25) is 0 Å². The van der Waals surface area contributed by atoms with Crippen LogP contribution in [0.3, 0.4) is 0 Å². The van der Waals surface area contributed by atoms with Crippen molar-refractivity contribution in [3.8, 4) is 0 Å². The highest BCUT2D eigenvalue weighted by Crippen LogP contribution is 2.07. The maximum atomic E-state index is 10.8. The van der Waals surface area contributed by atoms with Gasteiger partial charge in [0, 0.05) is 6.08 Å². The predicted molar refractivity (Wildman–Crippen MR) is 63.4 cm³/mol. The van der Waals surface area contributed by atoms with Crippen molar-refractivity contribution in [1.29, 1.82) is 0 Å². The van der Waals surface area contributed by atoms with E-state index in [0.29, 0.717) is 0 Å². The number of hydrogen-bond donors (Lipinski definition) is 0. The van der Waals surface area contributed by atoms with E-state index in [1.165, 1.54) is 38.2 Å². The van der Waals surface area contributed by atoms with Gasteiger partial charge in [0.1, 0.15) is 0 Å². The highest BCUT2D eigenvalue weighted by Gasteiger charge is 1.91. The molecular weight excluding hydrogens is 188 g/mol. The van der Waals surface area contributed by atoms with Gasteiger partial charge in [0.15, 0.2) is 0 Å². The van der Waals surface area contributed by atoms with Crippen LogP contribution in [0.5, 0.6) is 0 Å². The van der Waals surface area contributed by atoms with Gasteiger partial charge >= 0.3 is 5.97 Å². The van der Waals surface area contributed by atoms with Crippen LogP contribution in [0, 0.1) is 0 Å². The number of esters is 1. The summed E-state index contributed by atoms with van der Waals surface area (Å²) in [4.78, 5) is 10.8. The number of carbonyl (C=O) groups excluding carboxylic acids is 1. The third kappa shape index (κ3) is 10.9. The normalized spacial score (nSPS) is 10.5. The lowest BCUT2D eigenvalue weighted by atomic mass is 10.1. The first-order valence-electron chi connectivity index (χ1n) is 5.79. The van der Waals surface area contributed by atoms with Crippen molar-refractivity contribution >= 4 is 5.97 Å². The van der Waals surface area contributed by atoms with E-state index in [0.717, 1.165) is 19.1 Å². The molecule has 0 aliphatic heterocycles. The van der Waals surface area contributed by atoms with Crippen molar-refractivity contribution < 1.29 is 9.53 Å². The highest BCUT2D eigenvalue weighted by molar-refractivity contribution is 5.82. The van der Waals surface area contributed by atoms with Crippen LogP contribution in [0.1, 0.15) is 51.9 Å². The Kier molecular flexibility index (Phi) is 10.3. The Labute approximate surface area is 93.0 Å². The topological polar surface area (TPSA) is 26.3 Å². The molecule has 0 aromatic rings. The fourth-order valence-corrected chi connectivity index (χ4v) is 1.34. The first-order chi connectivity index (χ1) is 7.31. The Morgan fingerprint density at radius 1 is 1.20 bits per heavy atom. The van der Waals surface area contributed by atoms with Crippen LogP contribution in [0.15, 0.2) is 25.0 Å². The van der Waals surface area contributed by atoms with Crippen LogP contribution < -0.4 is 0 Å². The molecule has 0 radical (unpaired) electrons. The summed E-state index contributed by atoms with van der Waals surface area (Å²) in [5, 5.41) is 0. The average molecular weight is 210 g/mol. The molecule has 0 rings (SSSR count). The van der Waals surface area contributed by atoms with Crippen molar-refractivity contribution in [3.63, 3.8) is 0 Å². The molecule has 0 aliphatic rings. The minimum atomic E-state index is -0.337. The van der Waals surface area contributed by atoms with Gasteiger partial charge in [-0.2, -0.15) is 0 Å². The molecule has 0 saturated carbocycles. The Bertz CT molecular complexity index is 195. The summed E-state index contributed by atoms with van der Waals surface area (Å²) in [6.07, 6.45) is 13.1. The Morgan fingerprint density at radius 2 is 1.87 bits per heavy atom. The monoisotopic (exact) mass is 210 g/mol. The Balaban J connectivity index is 3.22. The molecule has 0 unspecified atom stereocenters. The molecule has 0 bridgehead atoms. The third-order valence-corrected chi connectivity index (χ3v) is 2.18. The number of ether oxygens (including phenoxy) is 1. The summed E-state index contributed by atoms with van der Waals surface area (Å²) < 4.78 is 4.54. The first-order valence-corrected chi connectivity index (χ1v) is 5.79. The number of hydrogen-bond acceptors (Lipinski definition) is 2. The van der Waals surface area contributed by atoms with Crippen LogP contribution in [-0.4, -0.2) is 5.97 Å². The molecule has 0 amide bonds. The second-order valence-electron chi connectivity index (χ2n) is 3.56. The predicted octanol–water partition coefficient (Wildman–Crippen LogP) is 3.98. The van der Waals surface area contributed by atoms with Gasteiger partial charge in [-0.25, -0.2) is 4.79 Å². The maximum Gasteiger partial charge on any atom is 0.335 e. The van der Waals surface area contributed by atoms with Crippen LogP contribution in [0.25, 0.3) is 0 Å². The minimum absolute atomic E-state index is 0.337. The summed E-state index contributed by atoms with van der Waals surface area (Å²) >= 11 is 0. The molecule has 0 spiro atoms. The number of unbranched alkanes of at least 4 members (excludes halogenated alkanes) is 6. The zero-order valence-electron chi connectivity index (χ0n) is 9.71. The molecule has 86 valence electrons. The van der Waals surface area contributed by atoms with Gasteiger partial charge in [-0.05, 0) is 12.8 Å². The van der Waals surface area contributed by atoms with Crippen LogP contribution in [0.4, 0.5) is 0 Å². The van der Waals surface area contributed by atoms with Crippen molar-refractivity contribution in [3.05, 3.63) is 25.0 Å². The Morgan fingerprint density at radius 3 is 2.53 bits per heavy atom. The summed E-state index contributed by atoms with van der Waals surface area (Å²) in [5.74, 6) is -0.337. The molecule has 15 heavy (non-hydrogen) atoms. The zero-order valence-corrected chi connectivity index (χ0v) is 9.71. The van der Waals surface area contributed by atoms with Crippen molar-refractivity contribution in [1.82, 2.24) is 0 Å². The molecule has 0 saturated heterocycles. The molecule has 2 nitrogen and oxygen atoms in total. The fourth-order valence-electron chi connectivity index (χ4n) is 1.34. The van der Waals surface area contributed by atoms with E-state index in [2.05, 4.69) is 18.2 Å². The Hall–Kier alpha value is -1.05. The van der Waals surface area contributed by atoms with E-state index in [4.69, 9.17) is 0 Å². The lowest BCUT2D eigenvalue weighted by Gasteiger charge is -1.97.